The highest BCUT2D eigenvalue weighted by atomic mass is 35.5. The lowest BCUT2D eigenvalue weighted by Gasteiger charge is -2.28. The molecule has 1 aromatic rings. The largest absolute Gasteiger partial charge is 0.127 e. The molecule has 0 spiro atoms. The van der Waals surface area contributed by atoms with Crippen molar-refractivity contribution in [1.82, 2.24) is 0 Å². The first-order valence-electron chi connectivity index (χ1n) is 5.01. The quantitative estimate of drug-likeness (QED) is 0.627. The van der Waals surface area contributed by atoms with Gasteiger partial charge >= 0.3 is 0 Å². The maximum atomic E-state index is 6.52. The van der Waals surface area contributed by atoms with Crippen LogP contribution in [-0.4, -0.2) is 0 Å². The van der Waals surface area contributed by atoms with E-state index in [0.29, 0.717) is 0 Å². The van der Waals surface area contributed by atoms with Crippen molar-refractivity contribution in [2.75, 3.05) is 0 Å². The van der Waals surface area contributed by atoms with E-state index in [1.54, 1.807) is 11.3 Å². The van der Waals surface area contributed by atoms with Gasteiger partial charge in [-0.05, 0) is 30.4 Å². The molecule has 0 aliphatic heterocycles. The van der Waals surface area contributed by atoms with Crippen molar-refractivity contribution in [3.8, 4) is 0 Å². The van der Waals surface area contributed by atoms with Gasteiger partial charge in [0.2, 0.25) is 0 Å². The van der Waals surface area contributed by atoms with E-state index >= 15 is 0 Å². The summed E-state index contributed by atoms with van der Waals surface area (Å²) in [7, 11) is 0. The van der Waals surface area contributed by atoms with E-state index in [1.807, 2.05) is 6.07 Å². The third kappa shape index (κ3) is 1.95. The zero-order valence-electron chi connectivity index (χ0n) is 8.22. The number of halogens is 2. The van der Waals surface area contributed by atoms with Crippen LogP contribution in [0.1, 0.15) is 42.9 Å². The summed E-state index contributed by atoms with van der Waals surface area (Å²) in [5.74, 6) is 0. The fraction of sp³-hybridized carbons (Fsp3) is 0.636. The lowest BCUT2D eigenvalue weighted by molar-refractivity contribution is 0.324. The topological polar surface area (TPSA) is 0 Å². The summed E-state index contributed by atoms with van der Waals surface area (Å²) in [5.41, 5.74) is 0.287. The van der Waals surface area contributed by atoms with Gasteiger partial charge in [-0.2, -0.15) is 0 Å². The molecule has 1 saturated carbocycles. The van der Waals surface area contributed by atoms with Crippen LogP contribution in [0.25, 0.3) is 0 Å². The van der Waals surface area contributed by atoms with Gasteiger partial charge in [0, 0.05) is 4.88 Å². The highest BCUT2D eigenvalue weighted by molar-refractivity contribution is 7.16. The van der Waals surface area contributed by atoms with Gasteiger partial charge in [-0.3, -0.25) is 0 Å². The van der Waals surface area contributed by atoms with Crippen molar-refractivity contribution < 1.29 is 0 Å². The maximum absolute atomic E-state index is 6.52. The molecule has 0 amide bonds. The monoisotopic (exact) mass is 248 g/mol. The third-order valence-corrected chi connectivity index (χ3v) is 5.39. The van der Waals surface area contributed by atoms with Crippen LogP contribution in [0.2, 0.25) is 4.34 Å². The summed E-state index contributed by atoms with van der Waals surface area (Å²) in [6.07, 6.45) is 5.13. The minimum Gasteiger partial charge on any atom is -0.127 e. The van der Waals surface area contributed by atoms with E-state index in [9.17, 15) is 0 Å². The van der Waals surface area contributed by atoms with Crippen LogP contribution in [0.3, 0.4) is 0 Å². The fourth-order valence-corrected chi connectivity index (χ4v) is 3.88. The number of rotatable bonds is 2. The number of thiophene rings is 1. The van der Waals surface area contributed by atoms with Crippen molar-refractivity contribution in [2.45, 2.75) is 38.0 Å². The lowest BCUT2D eigenvalue weighted by Crippen LogP contribution is -2.16. The highest BCUT2D eigenvalue weighted by Crippen LogP contribution is 2.52. The average Bonchev–Trinajstić information content (AvgIpc) is 2.74. The molecule has 0 nitrogen and oxygen atoms in total. The van der Waals surface area contributed by atoms with Gasteiger partial charge in [0.05, 0.1) is 9.71 Å². The molecule has 78 valence electrons. The van der Waals surface area contributed by atoms with Crippen molar-refractivity contribution in [3.63, 3.8) is 0 Å². The van der Waals surface area contributed by atoms with E-state index in [4.69, 9.17) is 23.2 Å². The first kappa shape index (κ1) is 10.8. The molecule has 0 aromatic carbocycles. The van der Waals surface area contributed by atoms with Gasteiger partial charge in [0.15, 0.2) is 0 Å². The van der Waals surface area contributed by atoms with Crippen molar-refractivity contribution in [3.05, 3.63) is 21.3 Å². The van der Waals surface area contributed by atoms with Crippen LogP contribution >= 0.6 is 34.5 Å². The standard InChI is InChI=1S/C11H14Cl2S/c1-11(6-2-3-7-11)10(13)8-4-5-9(12)14-8/h4-5,10H,2-3,6-7H2,1H3. The van der Waals surface area contributed by atoms with Gasteiger partial charge in [0.25, 0.3) is 0 Å². The summed E-state index contributed by atoms with van der Waals surface area (Å²) < 4.78 is 0.840. The summed E-state index contributed by atoms with van der Waals surface area (Å²) in [4.78, 5) is 1.22. The molecule has 1 unspecified atom stereocenters. The van der Waals surface area contributed by atoms with Crippen LogP contribution < -0.4 is 0 Å². The first-order valence-corrected chi connectivity index (χ1v) is 6.64. The fourth-order valence-electron chi connectivity index (χ4n) is 2.24. The molecule has 1 aromatic heterocycles. The van der Waals surface area contributed by atoms with Crippen molar-refractivity contribution in [1.29, 1.82) is 0 Å². The van der Waals surface area contributed by atoms with Crippen LogP contribution in [0.15, 0.2) is 12.1 Å². The van der Waals surface area contributed by atoms with Gasteiger partial charge in [-0.15, -0.1) is 22.9 Å². The molecule has 0 N–H and O–H groups in total. The molecular weight excluding hydrogens is 235 g/mol. The molecule has 0 bridgehead atoms. The Hall–Kier alpha value is 0.280. The van der Waals surface area contributed by atoms with E-state index < -0.39 is 0 Å². The van der Waals surface area contributed by atoms with Gasteiger partial charge in [0.1, 0.15) is 0 Å². The molecule has 2 rings (SSSR count). The number of alkyl halides is 1. The molecule has 1 atom stereocenters. The predicted molar refractivity (Wildman–Crippen MR) is 64.5 cm³/mol. The Labute approximate surface area is 99.2 Å². The second-order valence-electron chi connectivity index (χ2n) is 4.37. The van der Waals surface area contributed by atoms with Crippen molar-refractivity contribution >= 4 is 34.5 Å². The Kier molecular flexibility index (Phi) is 3.11. The summed E-state index contributed by atoms with van der Waals surface area (Å²) >= 11 is 14.0. The molecule has 1 aliphatic rings. The van der Waals surface area contributed by atoms with E-state index in [2.05, 4.69) is 13.0 Å². The number of hydrogen-bond acceptors (Lipinski definition) is 1. The molecule has 1 heterocycles. The predicted octanol–water partition coefficient (Wildman–Crippen LogP) is 5.26. The maximum Gasteiger partial charge on any atom is 0.0931 e. The molecule has 0 saturated heterocycles. The van der Waals surface area contributed by atoms with Crippen molar-refractivity contribution in [2.24, 2.45) is 5.41 Å². The first-order chi connectivity index (χ1) is 6.62. The van der Waals surface area contributed by atoms with Gasteiger partial charge < -0.3 is 0 Å². The molecule has 0 radical (unpaired) electrons. The minimum atomic E-state index is 0.141. The summed E-state index contributed by atoms with van der Waals surface area (Å²) in [6.45, 7) is 2.30. The molecule has 1 fully saturated rings. The average molecular weight is 249 g/mol. The molecule has 1 aliphatic carbocycles. The highest BCUT2D eigenvalue weighted by Gasteiger charge is 2.37. The van der Waals surface area contributed by atoms with Crippen LogP contribution in [-0.2, 0) is 0 Å². The van der Waals surface area contributed by atoms with Crippen LogP contribution in [0, 0.1) is 5.41 Å². The minimum absolute atomic E-state index is 0.141. The Balaban J connectivity index is 2.18. The Bertz CT molecular complexity index is 313. The van der Waals surface area contributed by atoms with E-state index in [1.165, 1.54) is 30.6 Å². The number of hydrogen-bond donors (Lipinski definition) is 0. The Morgan fingerprint density at radius 3 is 2.50 bits per heavy atom. The van der Waals surface area contributed by atoms with Crippen LogP contribution in [0.5, 0.6) is 0 Å². The molecule has 14 heavy (non-hydrogen) atoms. The summed E-state index contributed by atoms with van der Waals surface area (Å²) in [5, 5.41) is 0.141. The Morgan fingerprint density at radius 1 is 1.36 bits per heavy atom. The molecular formula is C11H14Cl2S. The van der Waals surface area contributed by atoms with E-state index in [0.717, 1.165) is 4.34 Å². The smallest absolute Gasteiger partial charge is 0.0931 e. The second-order valence-corrected chi connectivity index (χ2v) is 6.55. The SMILES string of the molecule is CC1(C(Cl)c2ccc(Cl)s2)CCCC1. The second kappa shape index (κ2) is 4.03. The molecule has 3 heteroatoms. The zero-order chi connectivity index (χ0) is 10.2. The zero-order valence-corrected chi connectivity index (χ0v) is 10.6. The summed E-state index contributed by atoms with van der Waals surface area (Å²) in [6, 6.07) is 4.00. The van der Waals surface area contributed by atoms with E-state index in [-0.39, 0.29) is 10.8 Å². The Morgan fingerprint density at radius 2 is 2.00 bits per heavy atom. The lowest BCUT2D eigenvalue weighted by atomic mass is 9.84. The van der Waals surface area contributed by atoms with Gasteiger partial charge in [-0.25, -0.2) is 0 Å². The van der Waals surface area contributed by atoms with Gasteiger partial charge in [-0.1, -0.05) is 31.4 Å². The normalized spacial score (nSPS) is 22.5. The van der Waals surface area contributed by atoms with Crippen LogP contribution in [0.4, 0.5) is 0 Å². The third-order valence-electron chi connectivity index (χ3n) is 3.20.